The average molecular weight is 286 g/mol. The molecule has 2 nitrogen and oxygen atoms in total. The fourth-order valence-corrected chi connectivity index (χ4v) is 1.91. The van der Waals surface area contributed by atoms with Crippen LogP contribution in [0.1, 0.15) is 5.56 Å². The van der Waals surface area contributed by atoms with Gasteiger partial charge in [-0.05, 0) is 24.3 Å². The van der Waals surface area contributed by atoms with Crippen LogP contribution in [0.5, 0.6) is 5.75 Å². The van der Waals surface area contributed by atoms with Crippen molar-refractivity contribution in [1.29, 1.82) is 0 Å². The highest BCUT2D eigenvalue weighted by atomic mass is 35.5. The largest absolute Gasteiger partial charge is 0.484 e. The molecule has 18 heavy (non-hydrogen) atoms. The van der Waals surface area contributed by atoms with Gasteiger partial charge in [0, 0.05) is 16.3 Å². The molecule has 2 aromatic rings. The second-order valence-electron chi connectivity index (χ2n) is 3.69. The highest BCUT2D eigenvalue weighted by Gasteiger charge is 2.09. The molecule has 2 N–H and O–H groups in total. The van der Waals surface area contributed by atoms with Gasteiger partial charge in [-0.25, -0.2) is 4.39 Å². The van der Waals surface area contributed by atoms with Crippen LogP contribution in [-0.4, -0.2) is 0 Å². The zero-order chi connectivity index (χ0) is 13.1. The first-order chi connectivity index (χ1) is 8.58. The van der Waals surface area contributed by atoms with Crippen molar-refractivity contribution in [3.63, 3.8) is 0 Å². The molecule has 0 bridgehead atoms. The van der Waals surface area contributed by atoms with Crippen molar-refractivity contribution < 1.29 is 9.13 Å². The van der Waals surface area contributed by atoms with Crippen molar-refractivity contribution in [3.05, 3.63) is 57.8 Å². The third-order valence-electron chi connectivity index (χ3n) is 2.37. The minimum absolute atomic E-state index is 0.0204. The molecule has 5 heteroatoms. The summed E-state index contributed by atoms with van der Waals surface area (Å²) < 4.78 is 18.8. The predicted molar refractivity (Wildman–Crippen MR) is 71.6 cm³/mol. The maximum absolute atomic E-state index is 13.5. The average Bonchev–Trinajstić information content (AvgIpc) is 2.31. The summed E-state index contributed by atoms with van der Waals surface area (Å²) in [5.41, 5.74) is 6.85. The van der Waals surface area contributed by atoms with Gasteiger partial charge in [-0.1, -0.05) is 35.3 Å². The summed E-state index contributed by atoms with van der Waals surface area (Å²) in [7, 11) is 0. The van der Waals surface area contributed by atoms with E-state index in [9.17, 15) is 4.39 Å². The van der Waals surface area contributed by atoms with E-state index in [0.717, 1.165) is 0 Å². The smallest absolute Gasteiger partial charge is 0.174 e. The molecule has 0 aliphatic carbocycles. The first kappa shape index (κ1) is 13.0. The van der Waals surface area contributed by atoms with Crippen molar-refractivity contribution in [1.82, 2.24) is 0 Å². The molecular weight excluding hydrogens is 276 g/mol. The lowest BCUT2D eigenvalue weighted by Gasteiger charge is -2.10. The summed E-state index contributed by atoms with van der Waals surface area (Å²) in [6, 6.07) is 9.40. The number of benzene rings is 2. The van der Waals surface area contributed by atoms with Gasteiger partial charge in [0.05, 0.1) is 5.02 Å². The molecule has 0 heterocycles. The van der Waals surface area contributed by atoms with E-state index in [0.29, 0.717) is 16.3 Å². The summed E-state index contributed by atoms with van der Waals surface area (Å²) >= 11 is 11.8. The minimum atomic E-state index is -0.505. The summed E-state index contributed by atoms with van der Waals surface area (Å²) in [6.07, 6.45) is 0. The number of nitrogens with two attached hydrogens (primary N) is 1. The van der Waals surface area contributed by atoms with Gasteiger partial charge in [-0.2, -0.15) is 0 Å². The molecule has 2 aromatic carbocycles. The van der Waals surface area contributed by atoms with Crippen LogP contribution in [0.2, 0.25) is 10.0 Å². The van der Waals surface area contributed by atoms with Crippen LogP contribution < -0.4 is 10.5 Å². The normalized spacial score (nSPS) is 10.4. The maximum atomic E-state index is 13.5. The van der Waals surface area contributed by atoms with Gasteiger partial charge in [0.2, 0.25) is 0 Å². The van der Waals surface area contributed by atoms with Crippen LogP contribution in [0.15, 0.2) is 36.4 Å². The summed E-state index contributed by atoms with van der Waals surface area (Å²) in [5, 5.41) is 0.698. The Morgan fingerprint density at radius 1 is 1.11 bits per heavy atom. The Morgan fingerprint density at radius 3 is 2.56 bits per heavy atom. The van der Waals surface area contributed by atoms with Gasteiger partial charge >= 0.3 is 0 Å². The van der Waals surface area contributed by atoms with Crippen LogP contribution in [0.3, 0.4) is 0 Å². The number of nitrogen functional groups attached to an aromatic ring is 1. The molecule has 0 aliphatic heterocycles. The summed E-state index contributed by atoms with van der Waals surface area (Å²) in [5.74, 6) is -0.485. The Balaban J connectivity index is 2.16. The van der Waals surface area contributed by atoms with Crippen LogP contribution in [0.4, 0.5) is 10.1 Å². The monoisotopic (exact) mass is 285 g/mol. The van der Waals surface area contributed by atoms with Gasteiger partial charge in [-0.3, -0.25) is 0 Å². The Bertz CT molecular complexity index is 555. The van der Waals surface area contributed by atoms with Crippen molar-refractivity contribution in [2.45, 2.75) is 6.61 Å². The lowest BCUT2D eigenvalue weighted by molar-refractivity contribution is 0.290. The molecule has 0 amide bonds. The lowest BCUT2D eigenvalue weighted by Crippen LogP contribution is -1.99. The van der Waals surface area contributed by atoms with Crippen molar-refractivity contribution in [3.8, 4) is 5.75 Å². The van der Waals surface area contributed by atoms with Gasteiger partial charge in [-0.15, -0.1) is 0 Å². The number of halogens is 3. The molecule has 0 saturated heterocycles. The van der Waals surface area contributed by atoms with Crippen LogP contribution >= 0.6 is 23.2 Å². The number of anilines is 1. The van der Waals surface area contributed by atoms with E-state index in [1.165, 1.54) is 12.1 Å². The highest BCUT2D eigenvalue weighted by molar-refractivity contribution is 6.32. The number of rotatable bonds is 3. The standard InChI is InChI=1S/C13H10Cl2FNO/c14-10-2-1-3-12(16)13(10)18-7-8-4-5-9(17)6-11(8)15/h1-6H,7,17H2. The maximum Gasteiger partial charge on any atom is 0.174 e. The SMILES string of the molecule is Nc1ccc(COc2c(F)cccc2Cl)c(Cl)c1. The van der Waals surface area contributed by atoms with Gasteiger partial charge in [0.15, 0.2) is 11.6 Å². The fourth-order valence-electron chi connectivity index (χ4n) is 1.45. The van der Waals surface area contributed by atoms with Gasteiger partial charge in [0.1, 0.15) is 6.61 Å². The molecule has 2 rings (SSSR count). The number of para-hydroxylation sites is 1. The second-order valence-corrected chi connectivity index (χ2v) is 4.50. The quantitative estimate of drug-likeness (QED) is 0.854. The molecule has 94 valence electrons. The van der Waals surface area contributed by atoms with E-state index in [-0.39, 0.29) is 17.4 Å². The molecule has 0 spiro atoms. The molecule has 0 saturated carbocycles. The Hall–Kier alpha value is -1.45. The third-order valence-corrected chi connectivity index (χ3v) is 3.02. The van der Waals surface area contributed by atoms with E-state index in [1.807, 2.05) is 0 Å². The van der Waals surface area contributed by atoms with Crippen LogP contribution in [-0.2, 0) is 6.61 Å². The predicted octanol–water partition coefficient (Wildman–Crippen LogP) is 4.29. The van der Waals surface area contributed by atoms with E-state index < -0.39 is 5.82 Å². The summed E-state index contributed by atoms with van der Waals surface area (Å²) in [4.78, 5) is 0. The first-order valence-electron chi connectivity index (χ1n) is 5.18. The Labute approximate surface area is 114 Å². The number of hydrogen-bond acceptors (Lipinski definition) is 2. The molecule has 0 radical (unpaired) electrons. The van der Waals surface area contributed by atoms with Crippen molar-refractivity contribution >= 4 is 28.9 Å². The van der Waals surface area contributed by atoms with E-state index in [2.05, 4.69) is 0 Å². The molecule has 0 atom stereocenters. The third kappa shape index (κ3) is 2.86. The first-order valence-corrected chi connectivity index (χ1v) is 5.94. The number of ether oxygens (including phenoxy) is 1. The van der Waals surface area contributed by atoms with Gasteiger partial charge < -0.3 is 10.5 Å². The lowest BCUT2D eigenvalue weighted by atomic mass is 10.2. The summed E-state index contributed by atoms with van der Waals surface area (Å²) in [6.45, 7) is 0.125. The molecular formula is C13H10Cl2FNO. The Morgan fingerprint density at radius 2 is 1.89 bits per heavy atom. The van der Waals surface area contributed by atoms with E-state index in [1.54, 1.807) is 24.3 Å². The molecule has 0 aliphatic rings. The molecule has 0 aromatic heterocycles. The highest BCUT2D eigenvalue weighted by Crippen LogP contribution is 2.29. The van der Waals surface area contributed by atoms with Crippen LogP contribution in [0.25, 0.3) is 0 Å². The van der Waals surface area contributed by atoms with Gasteiger partial charge in [0.25, 0.3) is 0 Å². The zero-order valence-corrected chi connectivity index (χ0v) is 10.8. The molecule has 0 fully saturated rings. The second kappa shape index (κ2) is 5.46. The molecule has 0 unspecified atom stereocenters. The van der Waals surface area contributed by atoms with Crippen LogP contribution in [0, 0.1) is 5.82 Å². The topological polar surface area (TPSA) is 35.2 Å². The minimum Gasteiger partial charge on any atom is -0.484 e. The number of hydrogen-bond donors (Lipinski definition) is 1. The van der Waals surface area contributed by atoms with Crippen molar-refractivity contribution in [2.75, 3.05) is 5.73 Å². The van der Waals surface area contributed by atoms with E-state index >= 15 is 0 Å². The fraction of sp³-hybridized carbons (Fsp3) is 0.0769. The zero-order valence-electron chi connectivity index (χ0n) is 9.29. The van der Waals surface area contributed by atoms with E-state index in [4.69, 9.17) is 33.7 Å². The Kier molecular flexibility index (Phi) is 3.94. The van der Waals surface area contributed by atoms with Crippen molar-refractivity contribution in [2.24, 2.45) is 0 Å².